The fraction of sp³-hybridized carbons (Fsp3) is 0.846. The SMILES string of the molecule is C[C@@H]([C@@H]1C=CC1OCCl)[C@@H](C)C(C)(C)C. The maximum atomic E-state index is 5.59. The highest BCUT2D eigenvalue weighted by Crippen LogP contribution is 2.40. The topological polar surface area (TPSA) is 9.23 Å². The van der Waals surface area contributed by atoms with E-state index in [1.165, 1.54) is 0 Å². The minimum Gasteiger partial charge on any atom is -0.358 e. The molecule has 0 saturated carbocycles. The van der Waals surface area contributed by atoms with Crippen molar-refractivity contribution in [1.82, 2.24) is 0 Å². The molecule has 0 aromatic carbocycles. The van der Waals surface area contributed by atoms with Crippen LogP contribution < -0.4 is 0 Å². The zero-order chi connectivity index (χ0) is 11.6. The van der Waals surface area contributed by atoms with Gasteiger partial charge in [0, 0.05) is 5.92 Å². The predicted octanol–water partition coefficient (Wildman–Crippen LogP) is 4.07. The second-order valence-corrected chi connectivity index (χ2v) is 5.93. The summed E-state index contributed by atoms with van der Waals surface area (Å²) in [6.45, 7) is 11.5. The van der Waals surface area contributed by atoms with Gasteiger partial charge in [0.15, 0.2) is 0 Å². The Morgan fingerprint density at radius 2 is 1.87 bits per heavy atom. The summed E-state index contributed by atoms with van der Waals surface area (Å²) in [5.41, 5.74) is 0.356. The molecule has 88 valence electrons. The van der Waals surface area contributed by atoms with Crippen LogP contribution in [0.15, 0.2) is 12.2 Å². The molecular weight excluding hydrogens is 208 g/mol. The third-order valence-corrected chi connectivity index (χ3v) is 4.05. The van der Waals surface area contributed by atoms with E-state index in [0.29, 0.717) is 29.2 Å². The Hall–Kier alpha value is -0.0100. The van der Waals surface area contributed by atoms with Crippen LogP contribution in [0.4, 0.5) is 0 Å². The van der Waals surface area contributed by atoms with Crippen molar-refractivity contribution in [3.63, 3.8) is 0 Å². The summed E-state index contributed by atoms with van der Waals surface area (Å²) in [5.74, 6) is 1.86. The number of alkyl halides is 1. The summed E-state index contributed by atoms with van der Waals surface area (Å²) in [5, 5.41) is 0. The van der Waals surface area contributed by atoms with Crippen LogP contribution in [0.1, 0.15) is 34.6 Å². The molecule has 15 heavy (non-hydrogen) atoms. The number of rotatable bonds is 4. The lowest BCUT2D eigenvalue weighted by molar-refractivity contribution is 0.0268. The van der Waals surface area contributed by atoms with Crippen LogP contribution in [0, 0.1) is 23.2 Å². The van der Waals surface area contributed by atoms with E-state index >= 15 is 0 Å². The van der Waals surface area contributed by atoms with Gasteiger partial charge < -0.3 is 4.74 Å². The average Bonchev–Trinajstić information content (AvgIpc) is 2.09. The van der Waals surface area contributed by atoms with Crippen molar-refractivity contribution < 1.29 is 4.74 Å². The van der Waals surface area contributed by atoms with Gasteiger partial charge in [-0.15, -0.1) is 0 Å². The molecule has 0 bridgehead atoms. The van der Waals surface area contributed by atoms with Crippen molar-refractivity contribution in [3.8, 4) is 0 Å². The fourth-order valence-corrected chi connectivity index (χ4v) is 2.31. The van der Waals surface area contributed by atoms with E-state index in [9.17, 15) is 0 Å². The molecular formula is C13H23ClO. The average molecular weight is 231 g/mol. The summed E-state index contributed by atoms with van der Waals surface area (Å²) < 4.78 is 5.45. The first kappa shape index (κ1) is 13.1. The summed E-state index contributed by atoms with van der Waals surface area (Å²) in [7, 11) is 0. The van der Waals surface area contributed by atoms with Gasteiger partial charge in [0.2, 0.25) is 0 Å². The molecule has 2 heteroatoms. The molecule has 0 aromatic rings. The molecule has 0 N–H and O–H groups in total. The van der Waals surface area contributed by atoms with Gasteiger partial charge >= 0.3 is 0 Å². The van der Waals surface area contributed by atoms with Crippen LogP contribution in [0.25, 0.3) is 0 Å². The van der Waals surface area contributed by atoms with Crippen LogP contribution >= 0.6 is 11.6 Å². The van der Waals surface area contributed by atoms with Crippen LogP contribution in [0.3, 0.4) is 0 Å². The van der Waals surface area contributed by atoms with Crippen molar-refractivity contribution in [3.05, 3.63) is 12.2 Å². The van der Waals surface area contributed by atoms with E-state index in [1.807, 2.05) is 0 Å². The van der Waals surface area contributed by atoms with E-state index in [4.69, 9.17) is 16.3 Å². The van der Waals surface area contributed by atoms with Gasteiger partial charge in [-0.2, -0.15) is 0 Å². The molecule has 0 fully saturated rings. The van der Waals surface area contributed by atoms with E-state index in [-0.39, 0.29) is 6.10 Å². The molecule has 0 heterocycles. The Morgan fingerprint density at radius 3 is 2.20 bits per heavy atom. The van der Waals surface area contributed by atoms with Crippen molar-refractivity contribution in [1.29, 1.82) is 0 Å². The molecule has 0 radical (unpaired) electrons. The van der Waals surface area contributed by atoms with Crippen LogP contribution in [-0.2, 0) is 4.74 Å². The summed E-state index contributed by atoms with van der Waals surface area (Å²) in [6.07, 6.45) is 4.60. The van der Waals surface area contributed by atoms with Gasteiger partial charge in [0.25, 0.3) is 0 Å². The highest BCUT2D eigenvalue weighted by atomic mass is 35.5. The second kappa shape index (κ2) is 4.88. The first-order valence-electron chi connectivity index (χ1n) is 5.74. The molecule has 0 aromatic heterocycles. The lowest BCUT2D eigenvalue weighted by Gasteiger charge is -2.41. The van der Waals surface area contributed by atoms with E-state index in [2.05, 4.69) is 46.8 Å². The first-order valence-corrected chi connectivity index (χ1v) is 6.27. The molecule has 1 rings (SSSR count). The maximum Gasteiger partial charge on any atom is 0.121 e. The molecule has 0 spiro atoms. The third kappa shape index (κ3) is 2.98. The van der Waals surface area contributed by atoms with Crippen LogP contribution in [0.5, 0.6) is 0 Å². The number of hydrogen-bond donors (Lipinski definition) is 0. The summed E-state index contributed by atoms with van der Waals surface area (Å²) >= 11 is 5.59. The molecule has 1 aliphatic carbocycles. The highest BCUT2D eigenvalue weighted by Gasteiger charge is 2.36. The Kier molecular flexibility index (Phi) is 4.25. The fourth-order valence-electron chi connectivity index (χ4n) is 2.17. The summed E-state index contributed by atoms with van der Waals surface area (Å²) in [4.78, 5) is 0. The molecule has 1 nitrogen and oxygen atoms in total. The second-order valence-electron chi connectivity index (χ2n) is 5.72. The number of ether oxygens (including phenoxy) is 1. The zero-order valence-electron chi connectivity index (χ0n) is 10.5. The molecule has 1 aliphatic rings. The largest absolute Gasteiger partial charge is 0.358 e. The molecule has 1 unspecified atom stereocenters. The first-order chi connectivity index (χ1) is 6.88. The van der Waals surface area contributed by atoms with Gasteiger partial charge in [-0.3, -0.25) is 0 Å². The minimum absolute atomic E-state index is 0.238. The van der Waals surface area contributed by atoms with Gasteiger partial charge in [0.05, 0.1) is 6.10 Å². The number of hydrogen-bond acceptors (Lipinski definition) is 1. The Bertz CT molecular complexity index is 229. The number of halogens is 1. The predicted molar refractivity (Wildman–Crippen MR) is 66.0 cm³/mol. The smallest absolute Gasteiger partial charge is 0.121 e. The lowest BCUT2D eigenvalue weighted by atomic mass is 9.67. The normalized spacial score (nSPS) is 29.7. The quantitative estimate of drug-likeness (QED) is 0.523. The van der Waals surface area contributed by atoms with Crippen molar-refractivity contribution in [2.24, 2.45) is 23.2 Å². The monoisotopic (exact) mass is 230 g/mol. The standard InChI is InChI=1S/C13H23ClO/c1-9(10(2)13(3,4)5)11-6-7-12(11)15-8-14/h6-7,9-12H,8H2,1-5H3/t9-,10-,11+,12?/m1/s1. The Morgan fingerprint density at radius 1 is 1.27 bits per heavy atom. The van der Waals surface area contributed by atoms with Crippen LogP contribution in [0.2, 0.25) is 0 Å². The highest BCUT2D eigenvalue weighted by molar-refractivity contribution is 6.17. The minimum atomic E-state index is 0.238. The molecule has 0 amide bonds. The molecule has 4 atom stereocenters. The van der Waals surface area contributed by atoms with Gasteiger partial charge in [-0.25, -0.2) is 0 Å². The Balaban J connectivity index is 2.55. The van der Waals surface area contributed by atoms with E-state index < -0.39 is 0 Å². The lowest BCUT2D eigenvalue weighted by Crippen LogP contribution is -2.38. The zero-order valence-corrected chi connectivity index (χ0v) is 11.2. The van der Waals surface area contributed by atoms with Gasteiger partial charge in [0.1, 0.15) is 6.07 Å². The molecule has 0 aliphatic heterocycles. The van der Waals surface area contributed by atoms with E-state index in [0.717, 1.165) is 0 Å². The molecule has 0 saturated heterocycles. The van der Waals surface area contributed by atoms with Crippen LogP contribution in [-0.4, -0.2) is 12.2 Å². The van der Waals surface area contributed by atoms with Crippen molar-refractivity contribution in [2.45, 2.75) is 40.7 Å². The summed E-state index contributed by atoms with van der Waals surface area (Å²) in [6, 6.07) is 0.294. The van der Waals surface area contributed by atoms with Gasteiger partial charge in [-0.1, -0.05) is 58.4 Å². The van der Waals surface area contributed by atoms with Crippen molar-refractivity contribution >= 4 is 11.6 Å². The van der Waals surface area contributed by atoms with Gasteiger partial charge in [-0.05, 0) is 17.3 Å². The van der Waals surface area contributed by atoms with E-state index in [1.54, 1.807) is 0 Å². The maximum absolute atomic E-state index is 5.59. The van der Waals surface area contributed by atoms with Crippen molar-refractivity contribution in [2.75, 3.05) is 6.07 Å². The Labute approximate surface area is 98.8 Å². The third-order valence-electron chi connectivity index (χ3n) is 3.92.